The molecule has 46 heavy (non-hydrogen) atoms. The second-order valence-corrected chi connectivity index (χ2v) is 13.7. The van der Waals surface area contributed by atoms with Crippen LogP contribution in [-0.2, 0) is 22.4 Å². The average molecular weight is 674 g/mol. The Balaban J connectivity index is 0.00000433. The summed E-state index contributed by atoms with van der Waals surface area (Å²) < 4.78 is 6.02. The lowest BCUT2D eigenvalue weighted by Gasteiger charge is -2.41. The molecular weight excluding hydrogens is 627 g/mol. The van der Waals surface area contributed by atoms with Crippen molar-refractivity contribution in [3.63, 3.8) is 0 Å². The summed E-state index contributed by atoms with van der Waals surface area (Å²) in [5.41, 5.74) is 3.50. The first-order valence-electron chi connectivity index (χ1n) is 16.6. The van der Waals surface area contributed by atoms with Gasteiger partial charge in [-0.15, -0.1) is 0 Å². The number of para-hydroxylation sites is 1. The summed E-state index contributed by atoms with van der Waals surface area (Å²) in [6, 6.07) is 11.9. The number of anilines is 1. The van der Waals surface area contributed by atoms with E-state index in [-0.39, 0.29) is 25.8 Å². The molecule has 0 saturated carbocycles. The summed E-state index contributed by atoms with van der Waals surface area (Å²) in [7, 11) is 0. The van der Waals surface area contributed by atoms with Crippen molar-refractivity contribution in [1.82, 2.24) is 24.9 Å². The number of carbonyl (C=O) groups is 3. The number of nitrogens with zero attached hydrogens (tertiary/aromatic N) is 4. The number of benzene rings is 2. The van der Waals surface area contributed by atoms with Crippen molar-refractivity contribution in [3.05, 3.63) is 63.1 Å². The van der Waals surface area contributed by atoms with Gasteiger partial charge in [-0.1, -0.05) is 41.4 Å². The molecule has 4 aliphatic heterocycles. The van der Waals surface area contributed by atoms with Gasteiger partial charge in [0, 0.05) is 94.6 Å². The number of piperazine rings is 1. The lowest BCUT2D eigenvalue weighted by atomic mass is 10.00. The van der Waals surface area contributed by atoms with Crippen molar-refractivity contribution in [3.8, 4) is 0 Å². The summed E-state index contributed by atoms with van der Waals surface area (Å²) in [5.74, 6) is -0.185. The molecule has 2 aromatic rings. The van der Waals surface area contributed by atoms with Crippen LogP contribution in [0.1, 0.15) is 43.8 Å². The van der Waals surface area contributed by atoms with Gasteiger partial charge in [0.1, 0.15) is 0 Å². The molecule has 0 spiro atoms. The molecule has 6 rings (SSSR count). The lowest BCUT2D eigenvalue weighted by Crippen LogP contribution is -2.54. The van der Waals surface area contributed by atoms with E-state index in [1.165, 1.54) is 0 Å². The molecule has 4 aliphatic rings. The number of hydrogen-bond acceptors (Lipinski definition) is 6. The highest BCUT2D eigenvalue weighted by Gasteiger charge is 2.36. The molecule has 0 aromatic heterocycles. The number of likely N-dealkylation sites (tertiary alicyclic amines) is 2. The number of piperidine rings is 2. The quantitative estimate of drug-likeness (QED) is 0.446. The maximum atomic E-state index is 14.0. The predicted octanol–water partition coefficient (Wildman–Crippen LogP) is 5.05. The molecular formula is C34H46Cl2N6O4. The van der Waals surface area contributed by atoms with Gasteiger partial charge in [-0.25, -0.2) is 9.59 Å². The minimum absolute atomic E-state index is 0. The monoisotopic (exact) mass is 672 g/mol. The molecule has 250 valence electrons. The van der Waals surface area contributed by atoms with E-state index in [9.17, 15) is 14.4 Å². The van der Waals surface area contributed by atoms with Crippen LogP contribution in [0.3, 0.4) is 0 Å². The number of carbonyl (C=O) groups excluding carboxylic acids is 3. The van der Waals surface area contributed by atoms with Gasteiger partial charge in [0.15, 0.2) is 6.10 Å². The van der Waals surface area contributed by atoms with Gasteiger partial charge in [0.25, 0.3) is 5.91 Å². The van der Waals surface area contributed by atoms with Crippen LogP contribution in [0.5, 0.6) is 0 Å². The summed E-state index contributed by atoms with van der Waals surface area (Å²) in [6.07, 6.45) is 2.54. The number of rotatable bonds is 6. The third kappa shape index (κ3) is 7.56. The third-order valence-corrected chi connectivity index (χ3v) is 10.8. The molecule has 10 nitrogen and oxygen atoms in total. The smallest absolute Gasteiger partial charge is 0.410 e. The van der Waals surface area contributed by atoms with E-state index in [0.29, 0.717) is 61.7 Å². The van der Waals surface area contributed by atoms with Crippen molar-refractivity contribution in [2.24, 2.45) is 0 Å². The number of fused-ring (bicyclic) bond motifs is 1. The van der Waals surface area contributed by atoms with Crippen molar-refractivity contribution in [1.29, 1.82) is 0 Å². The van der Waals surface area contributed by atoms with Crippen LogP contribution >= 0.6 is 23.2 Å². The first-order chi connectivity index (χ1) is 22.3. The van der Waals surface area contributed by atoms with E-state index in [4.69, 9.17) is 27.9 Å². The summed E-state index contributed by atoms with van der Waals surface area (Å²) in [4.78, 5) is 48.5. The third-order valence-electron chi connectivity index (χ3n) is 10.0. The number of halogens is 2. The summed E-state index contributed by atoms with van der Waals surface area (Å²) in [6.45, 7) is 8.66. The van der Waals surface area contributed by atoms with Gasteiger partial charge >= 0.3 is 12.1 Å². The van der Waals surface area contributed by atoms with Crippen LogP contribution in [-0.4, -0.2) is 115 Å². The summed E-state index contributed by atoms with van der Waals surface area (Å²) in [5, 5.41) is 7.48. The zero-order chi connectivity index (χ0) is 32.2. The Hall–Kier alpha value is -3.05. The maximum Gasteiger partial charge on any atom is 0.410 e. The van der Waals surface area contributed by atoms with Crippen molar-refractivity contribution in [2.75, 3.05) is 64.2 Å². The molecule has 2 aromatic carbocycles. The van der Waals surface area contributed by atoms with E-state index in [0.717, 1.165) is 67.8 Å². The fourth-order valence-corrected chi connectivity index (χ4v) is 7.74. The van der Waals surface area contributed by atoms with Crippen molar-refractivity contribution in [2.45, 2.75) is 63.6 Å². The second kappa shape index (κ2) is 14.8. The molecule has 0 radical (unpaired) electrons. The van der Waals surface area contributed by atoms with E-state index in [1.807, 2.05) is 41.0 Å². The van der Waals surface area contributed by atoms with Crippen LogP contribution < -0.4 is 10.6 Å². The molecule has 0 bridgehead atoms. The minimum Gasteiger partial charge on any atom is -0.436 e. The van der Waals surface area contributed by atoms with E-state index in [2.05, 4.69) is 15.5 Å². The molecule has 4 amide bonds. The highest BCUT2D eigenvalue weighted by molar-refractivity contribution is 6.36. The van der Waals surface area contributed by atoms with Gasteiger partial charge in [-0.2, -0.15) is 0 Å². The van der Waals surface area contributed by atoms with Crippen LogP contribution in [0, 0.1) is 6.92 Å². The standard InChI is InChI=1S/C34H44Cl2N6O4.H2/c1-23-28(35)20-24(21-29(23)36)22-31(32(43)40-13-7-26(8-14-40)39-18-11-37-12-19-39)46-34(45)41-15-9-27(10-16-41)42-17-6-25-4-2-3-5-30(25)38-33(42)44;/h2-5,20-21,26-27,31,37H,6-19,22H2,1H3,(H,38,44);1H/t31-;/m1./s1. The highest BCUT2D eigenvalue weighted by Crippen LogP contribution is 2.28. The molecule has 2 N–H and O–H groups in total. The highest BCUT2D eigenvalue weighted by atomic mass is 35.5. The Morgan fingerprint density at radius 2 is 1.54 bits per heavy atom. The minimum atomic E-state index is -0.995. The topological polar surface area (TPSA) is 97.5 Å². The molecule has 3 fully saturated rings. The predicted molar refractivity (Wildman–Crippen MR) is 182 cm³/mol. The molecule has 12 heteroatoms. The molecule has 3 saturated heterocycles. The van der Waals surface area contributed by atoms with E-state index in [1.54, 1.807) is 17.0 Å². The Morgan fingerprint density at radius 3 is 2.24 bits per heavy atom. The zero-order valence-corrected chi connectivity index (χ0v) is 28.0. The van der Waals surface area contributed by atoms with Crippen LogP contribution in [0.25, 0.3) is 0 Å². The fraction of sp³-hybridized carbons (Fsp3) is 0.559. The Kier molecular flexibility index (Phi) is 10.6. The van der Waals surface area contributed by atoms with Crippen LogP contribution in [0.2, 0.25) is 10.0 Å². The average Bonchev–Trinajstić information content (AvgIpc) is 3.25. The van der Waals surface area contributed by atoms with Gasteiger partial charge < -0.3 is 30.1 Å². The Morgan fingerprint density at radius 1 is 0.913 bits per heavy atom. The first kappa shape index (κ1) is 32.9. The van der Waals surface area contributed by atoms with E-state index < -0.39 is 12.2 Å². The second-order valence-electron chi connectivity index (χ2n) is 12.9. The molecule has 0 aliphatic carbocycles. The zero-order valence-electron chi connectivity index (χ0n) is 26.5. The normalized spacial score (nSPS) is 20.9. The molecule has 4 heterocycles. The number of ether oxygens (including phenoxy) is 1. The van der Waals surface area contributed by atoms with Crippen molar-refractivity contribution >= 4 is 46.9 Å². The van der Waals surface area contributed by atoms with Gasteiger partial charge in [-0.3, -0.25) is 9.69 Å². The number of hydrogen-bond donors (Lipinski definition) is 2. The van der Waals surface area contributed by atoms with Crippen molar-refractivity contribution < 1.29 is 20.5 Å². The fourth-order valence-electron chi connectivity index (χ4n) is 7.21. The lowest BCUT2D eigenvalue weighted by molar-refractivity contribution is -0.142. The van der Waals surface area contributed by atoms with Crippen LogP contribution in [0.15, 0.2) is 36.4 Å². The van der Waals surface area contributed by atoms with E-state index >= 15 is 0 Å². The number of urea groups is 1. The SMILES string of the molecule is Cc1c(Cl)cc(C[C@@H](OC(=O)N2CCC(N3CCc4ccccc4NC3=O)CC2)C(=O)N2CCC(N3CCNCC3)CC2)cc1Cl.[HH]. The maximum absolute atomic E-state index is 14.0. The molecule has 1 atom stereocenters. The van der Waals surface area contributed by atoms with Gasteiger partial charge in [0.2, 0.25) is 0 Å². The first-order valence-corrected chi connectivity index (χ1v) is 17.3. The summed E-state index contributed by atoms with van der Waals surface area (Å²) >= 11 is 12.9. The van der Waals surface area contributed by atoms with Gasteiger partial charge in [-0.05, 0) is 73.9 Å². The van der Waals surface area contributed by atoms with Gasteiger partial charge in [0.05, 0.1) is 0 Å². The number of nitrogens with one attached hydrogen (secondary N) is 2. The van der Waals surface area contributed by atoms with Crippen LogP contribution in [0.4, 0.5) is 15.3 Å². The Bertz CT molecular complexity index is 1400. The Labute approximate surface area is 282 Å². The molecule has 0 unspecified atom stereocenters. The largest absolute Gasteiger partial charge is 0.436 e. The number of amides is 4.